The van der Waals surface area contributed by atoms with Crippen LogP contribution in [0.5, 0.6) is 5.75 Å². The number of carbonyl (C=O) groups is 2. The third kappa shape index (κ3) is 6.92. The van der Waals surface area contributed by atoms with Crippen molar-refractivity contribution in [3.8, 4) is 5.75 Å². The average Bonchev–Trinajstić information content (AvgIpc) is 2.36. The molecule has 0 aliphatic heterocycles. The van der Waals surface area contributed by atoms with Crippen LogP contribution in [0.4, 0.5) is 4.79 Å². The van der Waals surface area contributed by atoms with Crippen molar-refractivity contribution >= 4 is 12.0 Å². The summed E-state index contributed by atoms with van der Waals surface area (Å²) in [6.45, 7) is 0.638. The lowest BCUT2D eigenvalue weighted by Crippen LogP contribution is -2.37. The second kappa shape index (κ2) is 7.97. The summed E-state index contributed by atoms with van der Waals surface area (Å²) in [5, 5.41) is 22.6. The maximum absolute atomic E-state index is 11.2. The van der Waals surface area contributed by atoms with Crippen molar-refractivity contribution in [2.24, 2.45) is 0 Å². The predicted octanol–water partition coefficient (Wildman–Crippen LogP) is 1.10. The Morgan fingerprint density at radius 1 is 1.05 bits per heavy atom. The minimum absolute atomic E-state index is 0.0824. The van der Waals surface area contributed by atoms with Crippen LogP contribution in [0.3, 0.4) is 0 Å². The van der Waals surface area contributed by atoms with Gasteiger partial charge in [0.2, 0.25) is 0 Å². The molecule has 0 spiro atoms. The van der Waals surface area contributed by atoms with Crippen molar-refractivity contribution in [1.82, 2.24) is 10.6 Å². The summed E-state index contributed by atoms with van der Waals surface area (Å²) in [4.78, 5) is 21.5. The molecule has 1 aromatic rings. The molecule has 2 amide bonds. The Labute approximate surface area is 111 Å². The molecular formula is C13H18N2O4. The summed E-state index contributed by atoms with van der Waals surface area (Å²) in [5.74, 6) is -0.702. The van der Waals surface area contributed by atoms with Gasteiger partial charge in [-0.05, 0) is 30.5 Å². The molecule has 0 aromatic heterocycles. The summed E-state index contributed by atoms with van der Waals surface area (Å²) in [7, 11) is 0. The maximum Gasteiger partial charge on any atom is 0.314 e. The van der Waals surface area contributed by atoms with E-state index in [1.807, 2.05) is 12.1 Å². The van der Waals surface area contributed by atoms with Crippen LogP contribution < -0.4 is 10.6 Å². The lowest BCUT2D eigenvalue weighted by molar-refractivity contribution is -0.136. The first-order chi connectivity index (χ1) is 9.08. The zero-order valence-electron chi connectivity index (χ0n) is 10.6. The Morgan fingerprint density at radius 2 is 1.68 bits per heavy atom. The number of carboxylic acids is 1. The Bertz CT molecular complexity index is 417. The fourth-order valence-corrected chi connectivity index (χ4v) is 1.50. The van der Waals surface area contributed by atoms with E-state index in [9.17, 15) is 9.59 Å². The smallest absolute Gasteiger partial charge is 0.314 e. The second-order valence-corrected chi connectivity index (χ2v) is 4.10. The summed E-state index contributed by atoms with van der Waals surface area (Å²) in [6.07, 6.45) is 1.49. The third-order valence-corrected chi connectivity index (χ3v) is 2.49. The molecule has 0 atom stereocenters. The number of phenols is 1. The lowest BCUT2D eigenvalue weighted by Gasteiger charge is -2.06. The van der Waals surface area contributed by atoms with Crippen LogP contribution in [0.25, 0.3) is 0 Å². The Balaban J connectivity index is 2.08. The molecule has 0 saturated carbocycles. The van der Waals surface area contributed by atoms with Crippen LogP contribution in [0.2, 0.25) is 0 Å². The highest BCUT2D eigenvalue weighted by Gasteiger charge is 2.01. The van der Waals surface area contributed by atoms with Gasteiger partial charge in [0.25, 0.3) is 0 Å². The lowest BCUT2D eigenvalue weighted by atomic mass is 10.1. The van der Waals surface area contributed by atoms with Crippen LogP contribution >= 0.6 is 0 Å². The molecule has 0 aliphatic rings. The van der Waals surface area contributed by atoms with E-state index in [2.05, 4.69) is 10.6 Å². The molecule has 1 rings (SSSR count). The van der Waals surface area contributed by atoms with Crippen molar-refractivity contribution < 1.29 is 19.8 Å². The number of carbonyl (C=O) groups excluding carboxylic acids is 1. The molecule has 0 fully saturated rings. The molecular weight excluding hydrogens is 248 g/mol. The van der Waals surface area contributed by atoms with Crippen molar-refractivity contribution in [1.29, 1.82) is 0 Å². The fraction of sp³-hybridized carbons (Fsp3) is 0.385. The van der Waals surface area contributed by atoms with Crippen LogP contribution in [0.15, 0.2) is 24.3 Å². The van der Waals surface area contributed by atoms with Crippen molar-refractivity contribution in [3.05, 3.63) is 29.8 Å². The first kappa shape index (κ1) is 14.8. The Morgan fingerprint density at radius 3 is 2.32 bits per heavy atom. The zero-order chi connectivity index (χ0) is 14.1. The van der Waals surface area contributed by atoms with E-state index in [4.69, 9.17) is 10.2 Å². The van der Waals surface area contributed by atoms with Crippen LogP contribution in [-0.2, 0) is 11.2 Å². The predicted molar refractivity (Wildman–Crippen MR) is 70.1 cm³/mol. The van der Waals surface area contributed by atoms with Crippen molar-refractivity contribution in [3.63, 3.8) is 0 Å². The normalized spacial score (nSPS) is 9.89. The number of amides is 2. The number of hydrogen-bond donors (Lipinski definition) is 4. The van der Waals surface area contributed by atoms with Gasteiger partial charge < -0.3 is 20.8 Å². The topological polar surface area (TPSA) is 98.7 Å². The van der Waals surface area contributed by atoms with E-state index in [0.717, 1.165) is 18.4 Å². The molecule has 0 bridgehead atoms. The third-order valence-electron chi connectivity index (χ3n) is 2.49. The molecule has 0 saturated heterocycles. The largest absolute Gasteiger partial charge is 0.508 e. The first-order valence-corrected chi connectivity index (χ1v) is 6.09. The quantitative estimate of drug-likeness (QED) is 0.555. The number of aliphatic carboxylic acids is 1. The number of urea groups is 1. The standard InChI is InChI=1S/C13H18N2O4/c16-11-5-3-10(4-6-11)2-1-8-14-13(19)15-9-7-12(17)18/h3-6,16H,1-2,7-9H2,(H,17,18)(H2,14,15,19). The highest BCUT2D eigenvalue weighted by Crippen LogP contribution is 2.10. The van der Waals surface area contributed by atoms with E-state index in [-0.39, 0.29) is 24.7 Å². The number of hydrogen-bond acceptors (Lipinski definition) is 3. The highest BCUT2D eigenvalue weighted by molar-refractivity contribution is 5.74. The Kier molecular flexibility index (Phi) is 6.21. The van der Waals surface area contributed by atoms with Gasteiger partial charge in [0.15, 0.2) is 0 Å². The number of aryl methyl sites for hydroxylation is 1. The van der Waals surface area contributed by atoms with Crippen LogP contribution in [0, 0.1) is 0 Å². The van der Waals surface area contributed by atoms with E-state index < -0.39 is 5.97 Å². The van der Waals surface area contributed by atoms with Gasteiger partial charge in [-0.1, -0.05) is 12.1 Å². The molecule has 0 radical (unpaired) electrons. The van der Waals surface area contributed by atoms with Crippen molar-refractivity contribution in [2.45, 2.75) is 19.3 Å². The first-order valence-electron chi connectivity index (χ1n) is 6.09. The summed E-state index contributed by atoms with van der Waals surface area (Å²) < 4.78 is 0. The molecule has 6 heteroatoms. The van der Waals surface area contributed by atoms with Gasteiger partial charge >= 0.3 is 12.0 Å². The second-order valence-electron chi connectivity index (χ2n) is 4.10. The van der Waals surface area contributed by atoms with E-state index in [0.29, 0.717) is 6.54 Å². The molecule has 1 aromatic carbocycles. The van der Waals surface area contributed by atoms with E-state index in [1.54, 1.807) is 12.1 Å². The van der Waals surface area contributed by atoms with Crippen LogP contribution in [0.1, 0.15) is 18.4 Å². The van der Waals surface area contributed by atoms with Gasteiger partial charge in [0.05, 0.1) is 6.42 Å². The molecule has 19 heavy (non-hydrogen) atoms. The van der Waals surface area contributed by atoms with Gasteiger partial charge in [0.1, 0.15) is 5.75 Å². The van der Waals surface area contributed by atoms with Gasteiger partial charge in [0, 0.05) is 13.1 Å². The van der Waals surface area contributed by atoms with E-state index in [1.165, 1.54) is 0 Å². The monoisotopic (exact) mass is 266 g/mol. The summed E-state index contributed by atoms with van der Waals surface area (Å²) >= 11 is 0. The molecule has 0 unspecified atom stereocenters. The maximum atomic E-state index is 11.2. The van der Waals surface area contributed by atoms with Crippen molar-refractivity contribution in [2.75, 3.05) is 13.1 Å². The minimum atomic E-state index is -0.937. The number of carboxylic acid groups (broad SMARTS) is 1. The van der Waals surface area contributed by atoms with Gasteiger partial charge in [-0.3, -0.25) is 4.79 Å². The number of aromatic hydroxyl groups is 1. The molecule has 0 heterocycles. The number of nitrogens with one attached hydrogen (secondary N) is 2. The number of rotatable bonds is 7. The Hall–Kier alpha value is -2.24. The zero-order valence-corrected chi connectivity index (χ0v) is 10.6. The van der Waals surface area contributed by atoms with Crippen LogP contribution in [-0.4, -0.2) is 35.3 Å². The molecule has 6 nitrogen and oxygen atoms in total. The minimum Gasteiger partial charge on any atom is -0.508 e. The fourth-order valence-electron chi connectivity index (χ4n) is 1.50. The molecule has 104 valence electrons. The number of benzene rings is 1. The van der Waals surface area contributed by atoms with Gasteiger partial charge in [-0.2, -0.15) is 0 Å². The SMILES string of the molecule is O=C(O)CCNC(=O)NCCCc1ccc(O)cc1. The highest BCUT2D eigenvalue weighted by atomic mass is 16.4. The van der Waals surface area contributed by atoms with Gasteiger partial charge in [-0.25, -0.2) is 4.79 Å². The van der Waals surface area contributed by atoms with E-state index >= 15 is 0 Å². The summed E-state index contributed by atoms with van der Waals surface area (Å²) in [6, 6.07) is 6.57. The summed E-state index contributed by atoms with van der Waals surface area (Å²) in [5.41, 5.74) is 1.09. The molecule has 4 N–H and O–H groups in total. The average molecular weight is 266 g/mol. The number of phenolic OH excluding ortho intramolecular Hbond substituents is 1. The van der Waals surface area contributed by atoms with Gasteiger partial charge in [-0.15, -0.1) is 0 Å². The molecule has 0 aliphatic carbocycles.